The number of carbonyl (C=O) groups is 1. The van der Waals surface area contributed by atoms with Crippen LogP contribution in [-0.2, 0) is 71.2 Å². The molecule has 6 unspecified atom stereocenters. The molecule has 0 aromatic carbocycles. The Labute approximate surface area is 439 Å². The van der Waals surface area contributed by atoms with Crippen LogP contribution in [0.3, 0.4) is 0 Å². The van der Waals surface area contributed by atoms with E-state index in [2.05, 4.69) is 53.8 Å². The second-order valence-corrected chi connectivity index (χ2v) is 24.5. The van der Waals surface area contributed by atoms with E-state index in [1.165, 1.54) is 34.1 Å². The molecular weight excluding hydrogens is 1150 g/mol. The van der Waals surface area contributed by atoms with Crippen molar-refractivity contribution in [3.63, 3.8) is 0 Å². The molecule has 9 heterocycles. The fourth-order valence-electron chi connectivity index (χ4n) is 9.36. The van der Waals surface area contributed by atoms with Crippen LogP contribution < -0.4 is 38.2 Å². The number of methoxy groups -OCH3 is 1. The molecule has 16 N–H and O–H groups in total. The largest absolute Gasteiger partial charge is 0.490 e. The number of anilines is 3. The van der Waals surface area contributed by atoms with Gasteiger partial charge in [0.1, 0.15) is 54.1 Å². The van der Waals surface area contributed by atoms with Gasteiger partial charge in [-0.3, -0.25) is 51.7 Å². The Kier molecular flexibility index (Phi) is 16.2. The van der Waals surface area contributed by atoms with Crippen LogP contribution in [0.25, 0.3) is 33.5 Å². The number of nitrogens with zero attached hydrogens (tertiary/aromatic N) is 10. The summed E-state index contributed by atoms with van der Waals surface area (Å²) < 4.78 is 106. The van der Waals surface area contributed by atoms with Gasteiger partial charge in [-0.25, -0.2) is 38.2 Å². The molecule has 0 bridgehead atoms. The monoisotopic (exact) mass is 1200 g/mol. The maximum absolute atomic E-state index is 14.5. The number of amides is 1. The molecule has 3 fully saturated rings. The maximum Gasteiger partial charge on any atom is 0.490 e. The summed E-state index contributed by atoms with van der Waals surface area (Å²) in [5.41, 5.74) is 13.7. The highest BCUT2D eigenvalue weighted by molar-refractivity contribution is 7.66. The van der Waals surface area contributed by atoms with E-state index < -0.39 is 141 Å². The summed E-state index contributed by atoms with van der Waals surface area (Å²) in [7, 11) is -19.5. The van der Waals surface area contributed by atoms with Crippen LogP contribution in [0.4, 0.5) is 17.7 Å². The number of aliphatic hydroxyl groups excluding tert-OH is 3. The Morgan fingerprint density at radius 3 is 2.04 bits per heavy atom. The summed E-state index contributed by atoms with van der Waals surface area (Å²) in [5, 5.41) is 35.9. The van der Waals surface area contributed by atoms with Gasteiger partial charge in [-0.05, 0) is 6.42 Å². The van der Waals surface area contributed by atoms with Crippen LogP contribution in [0.5, 0.6) is 0 Å². The van der Waals surface area contributed by atoms with E-state index in [0.29, 0.717) is 0 Å². The molecule has 6 aromatic rings. The first-order valence-electron chi connectivity index (χ1n) is 23.0. The number of carbonyl (C=O) groups excluding carboxylic acids is 1. The number of aryl methyl sites for hydroxylation is 1. The van der Waals surface area contributed by atoms with Crippen molar-refractivity contribution in [2.24, 2.45) is 13.0 Å². The van der Waals surface area contributed by atoms with E-state index >= 15 is 0 Å². The number of hydrogen-bond donors (Lipinski definition) is 13. The van der Waals surface area contributed by atoms with Gasteiger partial charge in [-0.1, -0.05) is 4.98 Å². The summed E-state index contributed by atoms with van der Waals surface area (Å²) >= 11 is 0. The number of aliphatic hydroxyl groups is 3. The van der Waals surface area contributed by atoms with Crippen LogP contribution >= 0.6 is 31.1 Å². The minimum Gasteiger partial charge on any atom is -0.387 e. The first-order chi connectivity index (χ1) is 37.1. The molecule has 79 heavy (non-hydrogen) atoms. The molecule has 16 atom stereocenters. The predicted octanol–water partition coefficient (Wildman–Crippen LogP) is -3.86. The number of imidazole rings is 3. The Morgan fingerprint density at radius 1 is 0.759 bits per heavy atom. The minimum absolute atomic E-state index is 0.00628. The summed E-state index contributed by atoms with van der Waals surface area (Å²) in [6.45, 7) is -3.29. The van der Waals surface area contributed by atoms with Crippen molar-refractivity contribution < 1.29 is 104 Å². The van der Waals surface area contributed by atoms with Gasteiger partial charge in [0, 0.05) is 26.5 Å². The topological polar surface area (TPSA) is 562 Å². The zero-order valence-electron chi connectivity index (χ0n) is 40.9. The van der Waals surface area contributed by atoms with Gasteiger partial charge >= 0.3 is 36.7 Å². The van der Waals surface area contributed by atoms with E-state index in [0.717, 1.165) is 30.7 Å². The summed E-state index contributed by atoms with van der Waals surface area (Å²) in [6, 6.07) is 0. The second kappa shape index (κ2) is 22.0. The first-order valence-corrected chi connectivity index (χ1v) is 29.1. The molecule has 0 aliphatic carbocycles. The van der Waals surface area contributed by atoms with Crippen LogP contribution in [0.2, 0.25) is 0 Å². The van der Waals surface area contributed by atoms with Crippen molar-refractivity contribution >= 4 is 88.2 Å². The molecule has 0 saturated carbocycles. The molecule has 3 saturated heterocycles. The maximum atomic E-state index is 14.5. The lowest BCUT2D eigenvalue weighted by Crippen LogP contribution is -2.45. The van der Waals surface area contributed by atoms with Crippen molar-refractivity contribution in [3.8, 4) is 0 Å². The van der Waals surface area contributed by atoms with Gasteiger partial charge in [-0.15, -0.1) is 0 Å². The molecule has 9 rings (SSSR count). The number of rotatable bonds is 21. The van der Waals surface area contributed by atoms with Gasteiger partial charge in [0.2, 0.25) is 23.6 Å². The number of nitrogen functional groups attached to an aromatic ring is 3. The molecule has 43 heteroatoms. The molecular formula is C36H51N16O23P4+. The number of H-pyrrole nitrogens is 2. The van der Waals surface area contributed by atoms with Crippen LogP contribution in [0.15, 0.2) is 34.9 Å². The van der Waals surface area contributed by atoms with Crippen molar-refractivity contribution in [1.82, 2.24) is 58.9 Å². The lowest BCUT2D eigenvalue weighted by Gasteiger charge is -2.28. The summed E-state index contributed by atoms with van der Waals surface area (Å²) in [5.74, 6) is -2.27. The summed E-state index contributed by atoms with van der Waals surface area (Å²) in [4.78, 5) is 110. The van der Waals surface area contributed by atoms with Crippen LogP contribution in [-0.4, -0.2) is 177 Å². The smallest absolute Gasteiger partial charge is 0.387 e. The van der Waals surface area contributed by atoms with Gasteiger partial charge in [-0.2, -0.15) is 13.6 Å². The van der Waals surface area contributed by atoms with Gasteiger partial charge < -0.3 is 80.9 Å². The van der Waals surface area contributed by atoms with Crippen LogP contribution in [0.1, 0.15) is 31.5 Å². The Bertz CT molecular complexity index is 3620. The van der Waals surface area contributed by atoms with Crippen molar-refractivity contribution in [2.75, 3.05) is 51.2 Å². The number of phosphoric ester groups is 2. The van der Waals surface area contributed by atoms with Crippen molar-refractivity contribution in [2.45, 2.75) is 79.9 Å². The Hall–Kier alpha value is -5.60. The SMILES string of the molecule is CNC(=O)CC[C@@H]1[C@@H](COP(=O)(O)OP(=O)(O)OP(=O)(O)OCC2O[C@@H](n3cnc4c(N)ncnc43)[C@H](OC)[C@@H]2P(=O)(O)OC[C@H]2O[C@@H](n3cnc4c(=O)[nH]c(N)nc43)[C@H](O)[C@@H]2O)OC([n+]2cn(C)c3c(=O)[nH]c(N)nc32)[C@@H]1O. The number of fused-ring (bicyclic) bond motifs is 3. The molecule has 0 radical (unpaired) electrons. The average Bonchev–Trinajstić information content (AvgIpc) is 4.36. The van der Waals surface area contributed by atoms with E-state index in [9.17, 15) is 67.5 Å². The number of aromatic amines is 2. The Balaban J connectivity index is 0.894. The number of nitrogens with two attached hydrogens (primary N) is 3. The molecule has 432 valence electrons. The number of aromatic nitrogens is 12. The zero-order chi connectivity index (χ0) is 57.3. The molecule has 3 aliphatic rings. The van der Waals surface area contributed by atoms with Gasteiger partial charge in [0.15, 0.2) is 41.4 Å². The molecule has 6 aromatic heterocycles. The lowest BCUT2D eigenvalue weighted by atomic mass is 9.93. The highest BCUT2D eigenvalue weighted by Gasteiger charge is 2.58. The van der Waals surface area contributed by atoms with E-state index in [4.69, 9.17) is 49.7 Å². The fourth-order valence-corrected chi connectivity index (χ4v) is 14.6. The molecule has 3 aliphatic heterocycles. The third-order valence-electron chi connectivity index (χ3n) is 12.9. The third kappa shape index (κ3) is 11.7. The fraction of sp³-hybridized carbons (Fsp3) is 0.556. The number of nitrogens with one attached hydrogen (secondary N) is 3. The molecule has 0 spiro atoms. The molecule has 1 amide bonds. The first kappa shape index (κ1) is 58.1. The van der Waals surface area contributed by atoms with Crippen molar-refractivity contribution in [1.29, 1.82) is 0 Å². The van der Waals surface area contributed by atoms with Gasteiger partial charge in [0.25, 0.3) is 17.1 Å². The third-order valence-corrected chi connectivity index (χ3v) is 19.0. The quantitative estimate of drug-likeness (QED) is 0.0242. The average molecular weight is 1200 g/mol. The van der Waals surface area contributed by atoms with E-state index in [1.807, 2.05) is 0 Å². The number of phosphoric acid groups is 3. The summed E-state index contributed by atoms with van der Waals surface area (Å²) in [6.07, 6.45) is -11.9. The highest BCUT2D eigenvalue weighted by Crippen LogP contribution is 2.68. The van der Waals surface area contributed by atoms with Crippen LogP contribution in [0, 0.1) is 5.92 Å². The van der Waals surface area contributed by atoms with E-state index in [-0.39, 0.29) is 64.0 Å². The highest BCUT2D eigenvalue weighted by atomic mass is 31.3. The predicted molar refractivity (Wildman–Crippen MR) is 259 cm³/mol. The number of ether oxygens (including phenoxy) is 4. The minimum atomic E-state index is -6.24. The molecule has 39 nitrogen and oxygen atoms in total. The standard InChI is InChI=1S/C36H50N16O23P4/c1-40-17(53)5-4-13-14(71-32(21(13)54)52-12-49(2)20-29(52)46-36(39)48-31(20)58)6-69-77(61,62)74-79(65,66)75-78(63,64)70-8-16-25(24(67-3)34(73-16)50-10-43-18-26(37)41-9-42-27(18)50)76(59,60)68-7-15-22(55)23(56)33(72-15)51-11-44-19-28(51)45-35(38)47-30(19)57/h9-16,21-25,32-34,54-56H,4-8H2,1-3H3,(H12-,37,38,39,40,41,42,45,46,47,48,53,57,58,59,60,61,62,63,64,65,66)/p+1/t13-,14-,15-,16?,21-,22-,23-,24-,25-,32?,33-,34-/m1/s1. The zero-order valence-corrected chi connectivity index (χ0v) is 44.5. The normalized spacial score (nSPS) is 29.4. The van der Waals surface area contributed by atoms with E-state index in [1.54, 1.807) is 0 Å². The van der Waals surface area contributed by atoms with Crippen molar-refractivity contribution in [3.05, 3.63) is 46.0 Å². The number of hydrogen-bond acceptors (Lipinski definition) is 28. The lowest BCUT2D eigenvalue weighted by molar-refractivity contribution is -0.745. The van der Waals surface area contributed by atoms with Gasteiger partial charge in [0.05, 0.1) is 45.6 Å². The Morgan fingerprint density at radius 2 is 1.37 bits per heavy atom. The second-order valence-electron chi connectivity index (χ2n) is 17.9.